The van der Waals surface area contributed by atoms with Gasteiger partial charge in [-0.2, -0.15) is 4.98 Å². The normalized spacial score (nSPS) is 21.5. The van der Waals surface area contributed by atoms with Gasteiger partial charge in [0, 0.05) is 24.6 Å². The van der Waals surface area contributed by atoms with E-state index in [4.69, 9.17) is 4.52 Å². The van der Waals surface area contributed by atoms with Crippen LogP contribution >= 0.6 is 0 Å². The molecule has 0 N–H and O–H groups in total. The number of likely N-dealkylation sites (tertiary alicyclic amines) is 1. The van der Waals surface area contributed by atoms with Crippen molar-refractivity contribution in [2.45, 2.75) is 50.9 Å². The van der Waals surface area contributed by atoms with Crippen LogP contribution in [0.25, 0.3) is 0 Å². The Hall–Kier alpha value is -2.17. The van der Waals surface area contributed by atoms with Gasteiger partial charge in [0.2, 0.25) is 5.89 Å². The Kier molecular flexibility index (Phi) is 4.08. The van der Waals surface area contributed by atoms with Gasteiger partial charge in [0.05, 0.1) is 5.92 Å². The zero-order chi connectivity index (χ0) is 16.5. The van der Waals surface area contributed by atoms with Crippen molar-refractivity contribution in [2.24, 2.45) is 0 Å². The summed E-state index contributed by atoms with van der Waals surface area (Å²) in [5.74, 6) is 2.30. The van der Waals surface area contributed by atoms with E-state index in [0.29, 0.717) is 18.4 Å². The summed E-state index contributed by atoms with van der Waals surface area (Å²) in [5.41, 5.74) is 1.91. The van der Waals surface area contributed by atoms with Crippen LogP contribution < -0.4 is 0 Å². The molecule has 2 fully saturated rings. The van der Waals surface area contributed by atoms with Crippen molar-refractivity contribution in [1.82, 2.24) is 15.0 Å². The molecular formula is C19H23N3O2. The van der Waals surface area contributed by atoms with Gasteiger partial charge in [0.25, 0.3) is 5.91 Å². The lowest BCUT2D eigenvalue weighted by molar-refractivity contribution is 0.0789. The van der Waals surface area contributed by atoms with E-state index >= 15 is 0 Å². The zero-order valence-corrected chi connectivity index (χ0v) is 14.1. The maximum absolute atomic E-state index is 12.6. The van der Waals surface area contributed by atoms with Crippen LogP contribution in [0.3, 0.4) is 0 Å². The molecule has 126 valence electrons. The van der Waals surface area contributed by atoms with Gasteiger partial charge in [-0.25, -0.2) is 0 Å². The molecule has 5 nitrogen and oxygen atoms in total. The number of carbonyl (C=O) groups excluding carboxylic acids is 1. The lowest BCUT2D eigenvalue weighted by Crippen LogP contribution is -2.28. The largest absolute Gasteiger partial charge is 0.339 e. The molecule has 24 heavy (non-hydrogen) atoms. The van der Waals surface area contributed by atoms with Crippen LogP contribution in [-0.4, -0.2) is 34.0 Å². The second-order valence-electron chi connectivity index (χ2n) is 7.07. The lowest BCUT2D eigenvalue weighted by Gasteiger charge is -2.15. The van der Waals surface area contributed by atoms with E-state index < -0.39 is 0 Å². The molecule has 1 aromatic carbocycles. The first-order valence-corrected chi connectivity index (χ1v) is 8.90. The lowest BCUT2D eigenvalue weighted by atomic mass is 10.1. The molecule has 0 radical (unpaired) electrons. The molecule has 1 saturated carbocycles. The van der Waals surface area contributed by atoms with E-state index in [0.717, 1.165) is 29.9 Å². The molecule has 1 aromatic heterocycles. The second-order valence-corrected chi connectivity index (χ2v) is 7.07. The summed E-state index contributed by atoms with van der Waals surface area (Å²) in [5, 5.41) is 4.19. The minimum absolute atomic E-state index is 0.0908. The van der Waals surface area contributed by atoms with E-state index in [1.54, 1.807) is 0 Å². The zero-order valence-electron chi connectivity index (χ0n) is 14.1. The van der Waals surface area contributed by atoms with Gasteiger partial charge in [-0.05, 0) is 38.3 Å². The second kappa shape index (κ2) is 6.38. The van der Waals surface area contributed by atoms with Crippen LogP contribution in [0.4, 0.5) is 0 Å². The molecule has 1 atom stereocenters. The van der Waals surface area contributed by atoms with Crippen LogP contribution in [0.5, 0.6) is 0 Å². The van der Waals surface area contributed by atoms with Crippen molar-refractivity contribution in [2.75, 3.05) is 13.1 Å². The Morgan fingerprint density at radius 2 is 1.88 bits per heavy atom. The molecule has 1 amide bonds. The number of hydrogen-bond donors (Lipinski definition) is 0. The van der Waals surface area contributed by atoms with Crippen LogP contribution in [0.15, 0.2) is 28.8 Å². The summed E-state index contributed by atoms with van der Waals surface area (Å²) in [7, 11) is 0. The fourth-order valence-electron chi connectivity index (χ4n) is 3.79. The summed E-state index contributed by atoms with van der Waals surface area (Å²) >= 11 is 0. The molecule has 0 spiro atoms. The third-order valence-electron chi connectivity index (χ3n) is 5.30. The van der Waals surface area contributed by atoms with Gasteiger partial charge in [0.15, 0.2) is 5.82 Å². The van der Waals surface area contributed by atoms with Gasteiger partial charge < -0.3 is 9.42 Å². The summed E-state index contributed by atoms with van der Waals surface area (Å²) in [6.07, 6.45) is 5.75. The molecule has 4 rings (SSSR count). The highest BCUT2D eigenvalue weighted by Gasteiger charge is 2.32. The Morgan fingerprint density at radius 1 is 1.12 bits per heavy atom. The van der Waals surface area contributed by atoms with E-state index in [1.165, 1.54) is 25.7 Å². The third-order valence-corrected chi connectivity index (χ3v) is 5.30. The fraction of sp³-hybridized carbons (Fsp3) is 0.526. The first kappa shape index (κ1) is 15.4. The minimum atomic E-state index is 0.0908. The number of hydrogen-bond acceptors (Lipinski definition) is 4. The summed E-state index contributed by atoms with van der Waals surface area (Å²) in [6, 6.07) is 7.76. The molecule has 2 heterocycles. The van der Waals surface area contributed by atoms with Crippen LogP contribution in [0.2, 0.25) is 0 Å². The predicted octanol–water partition coefficient (Wildman–Crippen LogP) is 3.67. The average molecular weight is 325 g/mol. The Labute approximate surface area is 142 Å². The van der Waals surface area contributed by atoms with Crippen molar-refractivity contribution in [3.8, 4) is 0 Å². The molecule has 0 unspecified atom stereocenters. The van der Waals surface area contributed by atoms with Gasteiger partial charge >= 0.3 is 0 Å². The van der Waals surface area contributed by atoms with Crippen molar-refractivity contribution in [3.63, 3.8) is 0 Å². The number of aromatic nitrogens is 2. The first-order valence-electron chi connectivity index (χ1n) is 8.90. The molecular weight excluding hydrogens is 302 g/mol. The van der Waals surface area contributed by atoms with Crippen LogP contribution in [0.1, 0.15) is 71.6 Å². The number of nitrogens with zero attached hydrogens (tertiary/aromatic N) is 3. The highest BCUT2D eigenvalue weighted by atomic mass is 16.5. The smallest absolute Gasteiger partial charge is 0.253 e. The van der Waals surface area contributed by atoms with Crippen LogP contribution in [0, 0.1) is 6.92 Å². The number of rotatable bonds is 3. The molecule has 2 aliphatic rings. The number of carbonyl (C=O) groups is 1. The SMILES string of the molecule is Cc1ccc(C(=O)N2CC[C@H](c3nc(C4CCCC4)no3)C2)cc1. The predicted molar refractivity (Wildman–Crippen MR) is 89.9 cm³/mol. The average Bonchev–Trinajstić information content (AvgIpc) is 3.33. The summed E-state index contributed by atoms with van der Waals surface area (Å²) in [4.78, 5) is 19.1. The quantitative estimate of drug-likeness (QED) is 0.864. The molecule has 1 saturated heterocycles. The van der Waals surface area contributed by atoms with Crippen LogP contribution in [-0.2, 0) is 0 Å². The third kappa shape index (κ3) is 2.95. The van der Waals surface area contributed by atoms with E-state index in [1.807, 2.05) is 36.1 Å². The van der Waals surface area contributed by atoms with Crippen molar-refractivity contribution in [3.05, 3.63) is 47.1 Å². The monoisotopic (exact) mass is 325 g/mol. The highest BCUT2D eigenvalue weighted by Crippen LogP contribution is 2.34. The van der Waals surface area contributed by atoms with Gasteiger partial charge in [-0.15, -0.1) is 0 Å². The first-order chi connectivity index (χ1) is 11.7. The van der Waals surface area contributed by atoms with Gasteiger partial charge in [0.1, 0.15) is 0 Å². The maximum Gasteiger partial charge on any atom is 0.253 e. The van der Waals surface area contributed by atoms with E-state index in [-0.39, 0.29) is 11.8 Å². The van der Waals surface area contributed by atoms with Crippen molar-refractivity contribution in [1.29, 1.82) is 0 Å². The van der Waals surface area contributed by atoms with Crippen molar-refractivity contribution < 1.29 is 9.32 Å². The van der Waals surface area contributed by atoms with E-state index in [9.17, 15) is 4.79 Å². The van der Waals surface area contributed by atoms with Gasteiger partial charge in [-0.1, -0.05) is 35.7 Å². The minimum Gasteiger partial charge on any atom is -0.339 e. The Bertz CT molecular complexity index is 716. The molecule has 2 aromatic rings. The van der Waals surface area contributed by atoms with Gasteiger partial charge in [-0.3, -0.25) is 4.79 Å². The Balaban J connectivity index is 1.42. The number of benzene rings is 1. The molecule has 0 bridgehead atoms. The highest BCUT2D eigenvalue weighted by molar-refractivity contribution is 5.94. The number of amides is 1. The summed E-state index contributed by atoms with van der Waals surface area (Å²) in [6.45, 7) is 3.44. The number of aryl methyl sites for hydroxylation is 1. The molecule has 1 aliphatic heterocycles. The topological polar surface area (TPSA) is 59.2 Å². The standard InChI is InChI=1S/C19H23N3O2/c1-13-6-8-15(9-7-13)19(23)22-11-10-16(12-22)18-20-17(21-24-18)14-4-2-3-5-14/h6-9,14,16H,2-5,10-12H2,1H3/t16-/m0/s1. The Morgan fingerprint density at radius 3 is 2.62 bits per heavy atom. The summed E-state index contributed by atoms with van der Waals surface area (Å²) < 4.78 is 5.51. The van der Waals surface area contributed by atoms with E-state index in [2.05, 4.69) is 10.1 Å². The fourth-order valence-corrected chi connectivity index (χ4v) is 3.79. The molecule has 1 aliphatic carbocycles. The maximum atomic E-state index is 12.6. The van der Waals surface area contributed by atoms with Crippen molar-refractivity contribution >= 4 is 5.91 Å². The molecule has 5 heteroatoms.